The first kappa shape index (κ1) is 22.2. The van der Waals surface area contributed by atoms with Gasteiger partial charge in [-0.1, -0.05) is 42.5 Å². The van der Waals surface area contributed by atoms with Crippen molar-refractivity contribution in [2.75, 3.05) is 18.2 Å². The second-order valence-electron chi connectivity index (χ2n) is 7.60. The number of aromatic nitrogens is 1. The number of benzene rings is 3. The summed E-state index contributed by atoms with van der Waals surface area (Å²) in [7, 11) is 1.66. The van der Waals surface area contributed by atoms with Gasteiger partial charge in [0.15, 0.2) is 0 Å². The number of nitrogen functional groups attached to an aromatic ring is 1. The lowest BCUT2D eigenvalue weighted by Gasteiger charge is -2.15. The van der Waals surface area contributed by atoms with E-state index in [2.05, 4.69) is 15.6 Å². The van der Waals surface area contributed by atoms with Crippen molar-refractivity contribution >= 4 is 17.2 Å². The molecular formula is C27H28N4O2. The molecule has 6 heteroatoms. The van der Waals surface area contributed by atoms with Gasteiger partial charge in [0, 0.05) is 36.2 Å². The Morgan fingerprint density at radius 3 is 2.24 bits per heavy atom. The van der Waals surface area contributed by atoms with E-state index in [1.54, 1.807) is 13.3 Å². The smallest absolute Gasteiger partial charge is 0.129 e. The molecule has 6 nitrogen and oxygen atoms in total. The fourth-order valence-electron chi connectivity index (χ4n) is 3.42. The Hall–Kier alpha value is -4.03. The Morgan fingerprint density at radius 2 is 1.52 bits per heavy atom. The normalized spacial score (nSPS) is 10.6. The highest BCUT2D eigenvalue weighted by atomic mass is 16.5. The average molecular weight is 441 g/mol. The molecule has 0 bridgehead atoms. The zero-order valence-electron chi connectivity index (χ0n) is 18.6. The van der Waals surface area contributed by atoms with Crippen LogP contribution in [0.2, 0.25) is 0 Å². The molecule has 0 saturated heterocycles. The number of methoxy groups -OCH3 is 1. The minimum absolute atomic E-state index is 0.505. The summed E-state index contributed by atoms with van der Waals surface area (Å²) in [6.45, 7) is 1.84. The van der Waals surface area contributed by atoms with E-state index < -0.39 is 0 Å². The second-order valence-corrected chi connectivity index (χ2v) is 7.60. The van der Waals surface area contributed by atoms with Gasteiger partial charge in [0.05, 0.1) is 7.11 Å². The van der Waals surface area contributed by atoms with Crippen molar-refractivity contribution in [1.29, 1.82) is 0 Å². The fourth-order valence-corrected chi connectivity index (χ4v) is 3.42. The maximum Gasteiger partial charge on any atom is 0.129 e. The van der Waals surface area contributed by atoms with E-state index in [-0.39, 0.29) is 0 Å². The summed E-state index contributed by atoms with van der Waals surface area (Å²) < 4.78 is 11.1. The van der Waals surface area contributed by atoms with Crippen molar-refractivity contribution in [3.05, 3.63) is 108 Å². The average Bonchev–Trinajstić information content (AvgIpc) is 2.86. The van der Waals surface area contributed by atoms with E-state index in [1.807, 2.05) is 84.9 Å². The first-order valence-electron chi connectivity index (χ1n) is 10.8. The molecule has 0 fully saturated rings. The monoisotopic (exact) mass is 440 g/mol. The van der Waals surface area contributed by atoms with Crippen molar-refractivity contribution in [2.45, 2.75) is 19.7 Å². The van der Waals surface area contributed by atoms with E-state index in [0.717, 1.165) is 34.0 Å². The summed E-state index contributed by atoms with van der Waals surface area (Å²) >= 11 is 0. The minimum Gasteiger partial charge on any atom is -0.497 e. The predicted molar refractivity (Wildman–Crippen MR) is 133 cm³/mol. The quantitative estimate of drug-likeness (QED) is 0.311. The number of rotatable bonds is 10. The van der Waals surface area contributed by atoms with Crippen LogP contribution in [0, 0.1) is 0 Å². The first-order valence-corrected chi connectivity index (χ1v) is 10.8. The lowest BCUT2D eigenvalue weighted by Crippen LogP contribution is -2.16. The number of hydrogen-bond acceptors (Lipinski definition) is 6. The third kappa shape index (κ3) is 6.24. The van der Waals surface area contributed by atoms with Crippen molar-refractivity contribution in [3.8, 4) is 11.5 Å². The van der Waals surface area contributed by atoms with Crippen molar-refractivity contribution in [2.24, 2.45) is 0 Å². The summed E-state index contributed by atoms with van der Waals surface area (Å²) in [6.07, 6.45) is 1.71. The van der Waals surface area contributed by atoms with Gasteiger partial charge < -0.3 is 25.8 Å². The van der Waals surface area contributed by atoms with Crippen LogP contribution in [0.5, 0.6) is 11.5 Å². The zero-order chi connectivity index (χ0) is 22.9. The number of anilines is 3. The van der Waals surface area contributed by atoms with E-state index in [0.29, 0.717) is 25.5 Å². The Balaban J connectivity index is 1.36. The fraction of sp³-hybridized carbons (Fsp3) is 0.148. The van der Waals surface area contributed by atoms with Crippen LogP contribution in [0.15, 0.2) is 91.1 Å². The van der Waals surface area contributed by atoms with E-state index in [1.165, 1.54) is 5.56 Å². The number of nitrogens with zero attached hydrogens (tertiary/aromatic N) is 1. The van der Waals surface area contributed by atoms with Gasteiger partial charge in [-0.25, -0.2) is 4.98 Å². The Kier molecular flexibility index (Phi) is 7.40. The maximum atomic E-state index is 6.18. The van der Waals surface area contributed by atoms with Crippen LogP contribution in [0.3, 0.4) is 0 Å². The van der Waals surface area contributed by atoms with Gasteiger partial charge in [-0.2, -0.15) is 0 Å². The summed E-state index contributed by atoms with van der Waals surface area (Å²) in [4.78, 5) is 4.26. The zero-order valence-corrected chi connectivity index (χ0v) is 18.6. The van der Waals surface area contributed by atoms with Crippen LogP contribution in [0.25, 0.3) is 0 Å². The lowest BCUT2D eigenvalue weighted by atomic mass is 10.1. The second kappa shape index (κ2) is 11.0. The first-order chi connectivity index (χ1) is 16.2. The van der Waals surface area contributed by atoms with Crippen molar-refractivity contribution in [3.63, 3.8) is 0 Å². The molecule has 0 aliphatic rings. The predicted octanol–water partition coefficient (Wildman–Crippen LogP) is 5.28. The molecule has 0 amide bonds. The molecule has 0 atom stereocenters. The van der Waals surface area contributed by atoms with E-state index >= 15 is 0 Å². The number of nitrogens with one attached hydrogen (secondary N) is 2. The molecule has 0 aliphatic heterocycles. The van der Waals surface area contributed by atoms with Crippen LogP contribution in [0.1, 0.15) is 16.7 Å². The lowest BCUT2D eigenvalue weighted by molar-refractivity contribution is 0.306. The highest BCUT2D eigenvalue weighted by Gasteiger charge is 2.08. The SMILES string of the molecule is COc1ccc(CNCc2c(Nc3ccc(OCc4ccccc4)cc3)ccnc2N)cc1. The molecule has 1 aromatic heterocycles. The van der Waals surface area contributed by atoms with Gasteiger partial charge in [0.2, 0.25) is 0 Å². The standard InChI is InChI=1S/C27H28N4O2/c1-32-23-11-7-20(8-12-23)17-29-18-25-26(15-16-30-27(25)28)31-22-9-13-24(14-10-22)33-19-21-5-3-2-4-6-21/h2-16,29H,17-19H2,1H3,(H3,28,30,31). The molecule has 33 heavy (non-hydrogen) atoms. The van der Waals surface area contributed by atoms with Crippen molar-refractivity contribution in [1.82, 2.24) is 10.3 Å². The van der Waals surface area contributed by atoms with E-state index in [9.17, 15) is 0 Å². The molecular weight excluding hydrogens is 412 g/mol. The van der Waals surface area contributed by atoms with Gasteiger partial charge in [-0.3, -0.25) is 0 Å². The summed E-state index contributed by atoms with van der Waals surface area (Å²) in [5.74, 6) is 2.17. The maximum absolute atomic E-state index is 6.18. The Labute approximate surface area is 194 Å². The van der Waals surface area contributed by atoms with Crippen LogP contribution in [-0.2, 0) is 19.7 Å². The molecule has 0 unspecified atom stereocenters. The number of pyridine rings is 1. The summed E-state index contributed by atoms with van der Waals surface area (Å²) in [5, 5.41) is 6.89. The molecule has 4 rings (SSSR count). The largest absolute Gasteiger partial charge is 0.497 e. The molecule has 0 saturated carbocycles. The van der Waals surface area contributed by atoms with Crippen molar-refractivity contribution < 1.29 is 9.47 Å². The molecule has 4 N–H and O–H groups in total. The highest BCUT2D eigenvalue weighted by molar-refractivity contribution is 5.67. The molecule has 1 heterocycles. The van der Waals surface area contributed by atoms with E-state index in [4.69, 9.17) is 15.2 Å². The van der Waals surface area contributed by atoms with Crippen LogP contribution in [0.4, 0.5) is 17.2 Å². The van der Waals surface area contributed by atoms with Gasteiger partial charge in [0.1, 0.15) is 23.9 Å². The summed E-state index contributed by atoms with van der Waals surface area (Å²) in [5.41, 5.74) is 11.3. The van der Waals surface area contributed by atoms with Gasteiger partial charge in [0.25, 0.3) is 0 Å². The summed E-state index contributed by atoms with van der Waals surface area (Å²) in [6, 6.07) is 27.9. The molecule has 3 aromatic carbocycles. The number of ether oxygens (including phenoxy) is 2. The van der Waals surface area contributed by atoms with Crippen LogP contribution in [-0.4, -0.2) is 12.1 Å². The topological polar surface area (TPSA) is 81.4 Å². The van der Waals surface area contributed by atoms with Crippen LogP contribution >= 0.6 is 0 Å². The number of hydrogen-bond donors (Lipinski definition) is 3. The van der Waals surface area contributed by atoms with Crippen LogP contribution < -0.4 is 25.8 Å². The Morgan fingerprint density at radius 1 is 0.788 bits per heavy atom. The highest BCUT2D eigenvalue weighted by Crippen LogP contribution is 2.26. The molecule has 0 aliphatic carbocycles. The molecule has 168 valence electrons. The third-order valence-corrected chi connectivity index (χ3v) is 5.26. The van der Waals surface area contributed by atoms with Gasteiger partial charge in [-0.05, 0) is 53.6 Å². The molecule has 4 aromatic rings. The third-order valence-electron chi connectivity index (χ3n) is 5.26. The number of nitrogens with two attached hydrogens (primary N) is 1. The minimum atomic E-state index is 0.505. The van der Waals surface area contributed by atoms with Gasteiger partial charge in [-0.15, -0.1) is 0 Å². The van der Waals surface area contributed by atoms with Gasteiger partial charge >= 0.3 is 0 Å². The Bertz CT molecular complexity index is 1150. The molecule has 0 spiro atoms. The molecule has 0 radical (unpaired) electrons.